The molecular weight excluding hydrogens is 182 g/mol. The summed E-state index contributed by atoms with van der Waals surface area (Å²) in [5.41, 5.74) is 0. The highest BCUT2D eigenvalue weighted by Crippen LogP contribution is 2.11. The average Bonchev–Trinajstić information content (AvgIpc) is 2.63. The zero-order chi connectivity index (χ0) is 10.4. The molecule has 0 aromatic carbocycles. The molecule has 0 aliphatic carbocycles. The van der Waals surface area contributed by atoms with Gasteiger partial charge in [0.2, 0.25) is 0 Å². The molecule has 0 amide bonds. The Morgan fingerprint density at radius 1 is 1.71 bits per heavy atom. The predicted molar refractivity (Wildman–Crippen MR) is 53.3 cm³/mol. The van der Waals surface area contributed by atoms with Crippen molar-refractivity contribution in [2.45, 2.75) is 32.2 Å². The molecule has 14 heavy (non-hydrogen) atoms. The van der Waals surface area contributed by atoms with Crippen molar-refractivity contribution in [2.75, 3.05) is 19.8 Å². The second kappa shape index (κ2) is 5.98. The van der Waals surface area contributed by atoms with Crippen LogP contribution in [0, 0.1) is 5.92 Å². The number of hydrogen-bond acceptors (Lipinski definition) is 3. The van der Waals surface area contributed by atoms with Crippen LogP contribution in [0.2, 0.25) is 0 Å². The average molecular weight is 201 g/mol. The fraction of sp³-hybridized carbons (Fsp3) is 0.900. The van der Waals surface area contributed by atoms with E-state index in [-0.39, 0.29) is 12.5 Å². The monoisotopic (exact) mass is 201 g/mol. The normalized spacial score (nSPS) is 23.6. The van der Waals surface area contributed by atoms with Crippen molar-refractivity contribution < 1.29 is 14.6 Å². The Morgan fingerprint density at radius 3 is 3.07 bits per heavy atom. The molecule has 4 nitrogen and oxygen atoms in total. The van der Waals surface area contributed by atoms with Gasteiger partial charge < -0.3 is 15.2 Å². The maximum absolute atomic E-state index is 10.3. The Hall–Kier alpha value is -0.610. The van der Waals surface area contributed by atoms with E-state index in [1.807, 2.05) is 6.92 Å². The molecule has 1 fully saturated rings. The van der Waals surface area contributed by atoms with Gasteiger partial charge in [-0.1, -0.05) is 0 Å². The van der Waals surface area contributed by atoms with Crippen LogP contribution >= 0.6 is 0 Å². The van der Waals surface area contributed by atoms with Crippen LogP contribution in [0.1, 0.15) is 26.2 Å². The summed E-state index contributed by atoms with van der Waals surface area (Å²) in [7, 11) is 0. The Bertz CT molecular complexity index is 178. The summed E-state index contributed by atoms with van der Waals surface area (Å²) in [6.07, 6.45) is 2.07. The van der Waals surface area contributed by atoms with E-state index in [0.29, 0.717) is 12.3 Å². The van der Waals surface area contributed by atoms with Gasteiger partial charge in [0.15, 0.2) is 0 Å². The summed E-state index contributed by atoms with van der Waals surface area (Å²) in [4.78, 5) is 10.3. The standard InChI is InChI=1S/C10H19NO3/c1-8(2-3-10(12)13)11-6-9-4-5-14-7-9/h8-9,11H,2-7H2,1H3,(H,12,13). The molecule has 0 saturated carbocycles. The van der Waals surface area contributed by atoms with E-state index in [9.17, 15) is 4.79 Å². The fourth-order valence-electron chi connectivity index (χ4n) is 1.55. The number of ether oxygens (including phenoxy) is 1. The van der Waals surface area contributed by atoms with Crippen LogP contribution in [-0.2, 0) is 9.53 Å². The number of carbonyl (C=O) groups is 1. The van der Waals surface area contributed by atoms with E-state index in [1.165, 1.54) is 0 Å². The first-order valence-electron chi connectivity index (χ1n) is 5.21. The van der Waals surface area contributed by atoms with Crippen LogP contribution in [0.5, 0.6) is 0 Å². The van der Waals surface area contributed by atoms with Crippen LogP contribution in [0.3, 0.4) is 0 Å². The largest absolute Gasteiger partial charge is 0.481 e. The van der Waals surface area contributed by atoms with E-state index in [4.69, 9.17) is 9.84 Å². The highest BCUT2D eigenvalue weighted by Gasteiger charge is 2.16. The Balaban J connectivity index is 2.02. The molecule has 82 valence electrons. The maximum atomic E-state index is 10.3. The topological polar surface area (TPSA) is 58.6 Å². The van der Waals surface area contributed by atoms with Gasteiger partial charge >= 0.3 is 5.97 Å². The molecule has 0 aromatic heterocycles. The molecule has 1 aliphatic heterocycles. The smallest absolute Gasteiger partial charge is 0.303 e. The summed E-state index contributed by atoms with van der Waals surface area (Å²) < 4.78 is 5.25. The van der Waals surface area contributed by atoms with Crippen LogP contribution < -0.4 is 5.32 Å². The van der Waals surface area contributed by atoms with Gasteiger partial charge in [-0.3, -0.25) is 4.79 Å². The fourth-order valence-corrected chi connectivity index (χ4v) is 1.55. The van der Waals surface area contributed by atoms with E-state index < -0.39 is 5.97 Å². The quantitative estimate of drug-likeness (QED) is 0.669. The molecule has 1 rings (SSSR count). The van der Waals surface area contributed by atoms with Crippen LogP contribution in [-0.4, -0.2) is 36.9 Å². The first-order valence-corrected chi connectivity index (χ1v) is 5.21. The SMILES string of the molecule is CC(CCC(=O)O)NCC1CCOC1. The molecule has 2 N–H and O–H groups in total. The molecule has 0 radical (unpaired) electrons. The summed E-state index contributed by atoms with van der Waals surface area (Å²) in [6.45, 7) is 4.69. The third-order valence-electron chi connectivity index (χ3n) is 2.57. The van der Waals surface area contributed by atoms with Gasteiger partial charge in [0.25, 0.3) is 0 Å². The summed E-state index contributed by atoms with van der Waals surface area (Å²) in [6, 6.07) is 0.284. The van der Waals surface area contributed by atoms with Gasteiger partial charge in [0, 0.05) is 25.6 Å². The highest BCUT2D eigenvalue weighted by atomic mass is 16.5. The minimum absolute atomic E-state index is 0.245. The van der Waals surface area contributed by atoms with E-state index in [2.05, 4.69) is 5.32 Å². The minimum atomic E-state index is -0.720. The van der Waals surface area contributed by atoms with Crippen molar-refractivity contribution in [3.8, 4) is 0 Å². The van der Waals surface area contributed by atoms with Gasteiger partial charge in [-0.25, -0.2) is 0 Å². The molecule has 1 heterocycles. The van der Waals surface area contributed by atoms with Gasteiger partial charge in [0.05, 0.1) is 6.61 Å². The molecule has 0 aromatic rings. The van der Waals surface area contributed by atoms with Crippen molar-refractivity contribution in [1.29, 1.82) is 0 Å². The van der Waals surface area contributed by atoms with E-state index in [0.717, 1.165) is 26.2 Å². The third kappa shape index (κ3) is 4.58. The molecule has 0 bridgehead atoms. The molecule has 4 heteroatoms. The third-order valence-corrected chi connectivity index (χ3v) is 2.57. The molecular formula is C10H19NO3. The summed E-state index contributed by atoms with van der Waals surface area (Å²) >= 11 is 0. The molecule has 1 saturated heterocycles. The number of carboxylic acids is 1. The van der Waals surface area contributed by atoms with Crippen LogP contribution in [0.4, 0.5) is 0 Å². The van der Waals surface area contributed by atoms with Crippen LogP contribution in [0.25, 0.3) is 0 Å². The van der Waals surface area contributed by atoms with Crippen molar-refractivity contribution in [2.24, 2.45) is 5.92 Å². The maximum Gasteiger partial charge on any atom is 0.303 e. The van der Waals surface area contributed by atoms with Crippen molar-refractivity contribution >= 4 is 5.97 Å². The lowest BCUT2D eigenvalue weighted by Crippen LogP contribution is -2.31. The summed E-state index contributed by atoms with van der Waals surface area (Å²) in [5.74, 6) is -0.106. The van der Waals surface area contributed by atoms with Crippen LogP contribution in [0.15, 0.2) is 0 Å². The van der Waals surface area contributed by atoms with Gasteiger partial charge in [0.1, 0.15) is 0 Å². The van der Waals surface area contributed by atoms with E-state index >= 15 is 0 Å². The number of hydrogen-bond donors (Lipinski definition) is 2. The van der Waals surface area contributed by atoms with E-state index in [1.54, 1.807) is 0 Å². The number of rotatable bonds is 6. The van der Waals surface area contributed by atoms with Gasteiger partial charge in [-0.2, -0.15) is 0 Å². The molecule has 1 aliphatic rings. The Morgan fingerprint density at radius 2 is 2.50 bits per heavy atom. The lowest BCUT2D eigenvalue weighted by molar-refractivity contribution is -0.137. The Kier molecular flexibility index (Phi) is 4.90. The summed E-state index contributed by atoms with van der Waals surface area (Å²) in [5, 5.41) is 11.8. The highest BCUT2D eigenvalue weighted by molar-refractivity contribution is 5.66. The predicted octanol–water partition coefficient (Wildman–Crippen LogP) is 0.866. The zero-order valence-electron chi connectivity index (χ0n) is 8.66. The lowest BCUT2D eigenvalue weighted by Gasteiger charge is -2.15. The van der Waals surface area contributed by atoms with Crippen molar-refractivity contribution in [1.82, 2.24) is 5.32 Å². The number of nitrogens with one attached hydrogen (secondary N) is 1. The number of aliphatic carboxylic acids is 1. The van der Waals surface area contributed by atoms with Crippen molar-refractivity contribution in [3.05, 3.63) is 0 Å². The first-order chi connectivity index (χ1) is 6.68. The Labute approximate surface area is 84.6 Å². The first kappa shape index (κ1) is 11.5. The second-order valence-corrected chi connectivity index (χ2v) is 3.97. The molecule has 2 atom stereocenters. The van der Waals surface area contributed by atoms with Crippen molar-refractivity contribution in [3.63, 3.8) is 0 Å². The second-order valence-electron chi connectivity index (χ2n) is 3.97. The molecule has 0 spiro atoms. The number of carboxylic acid groups (broad SMARTS) is 1. The lowest BCUT2D eigenvalue weighted by atomic mass is 10.1. The molecule has 2 unspecified atom stereocenters. The minimum Gasteiger partial charge on any atom is -0.481 e. The zero-order valence-corrected chi connectivity index (χ0v) is 8.66. The van der Waals surface area contributed by atoms with Gasteiger partial charge in [-0.15, -0.1) is 0 Å². The van der Waals surface area contributed by atoms with Gasteiger partial charge in [-0.05, 0) is 25.7 Å².